The minimum Gasteiger partial charge on any atom is -0.341 e. The van der Waals surface area contributed by atoms with E-state index in [0.29, 0.717) is 6.54 Å². The standard InChI is InChI=1S/C20H30N2O2/c1-6-15-10-7-9-14(2)17(15)21-18(23)16-11-8-12-22(13-16)19(24)20(3,4)5/h7,9-10,16H,6,8,11-13H2,1-5H3,(H,21,23). The molecule has 1 unspecified atom stereocenters. The summed E-state index contributed by atoms with van der Waals surface area (Å²) < 4.78 is 0. The van der Waals surface area contributed by atoms with Gasteiger partial charge in [-0.3, -0.25) is 9.59 Å². The van der Waals surface area contributed by atoms with Crippen molar-refractivity contribution in [3.8, 4) is 0 Å². The van der Waals surface area contributed by atoms with E-state index in [1.807, 2.05) is 44.7 Å². The van der Waals surface area contributed by atoms with Crippen LogP contribution in [0.4, 0.5) is 5.69 Å². The van der Waals surface area contributed by atoms with E-state index in [1.54, 1.807) is 0 Å². The van der Waals surface area contributed by atoms with E-state index in [4.69, 9.17) is 0 Å². The lowest BCUT2D eigenvalue weighted by Gasteiger charge is -2.36. The second-order valence-corrected chi connectivity index (χ2v) is 7.79. The van der Waals surface area contributed by atoms with Crippen molar-refractivity contribution in [2.75, 3.05) is 18.4 Å². The topological polar surface area (TPSA) is 49.4 Å². The van der Waals surface area contributed by atoms with Crippen molar-refractivity contribution in [1.29, 1.82) is 0 Å². The number of carbonyl (C=O) groups is 2. The molecule has 4 nitrogen and oxygen atoms in total. The molecule has 1 aliphatic heterocycles. The number of anilines is 1. The zero-order valence-electron chi connectivity index (χ0n) is 15.6. The second-order valence-electron chi connectivity index (χ2n) is 7.79. The fourth-order valence-corrected chi connectivity index (χ4v) is 3.28. The van der Waals surface area contributed by atoms with Crippen LogP contribution in [0.2, 0.25) is 0 Å². The van der Waals surface area contributed by atoms with E-state index in [1.165, 1.54) is 0 Å². The van der Waals surface area contributed by atoms with Gasteiger partial charge in [-0.15, -0.1) is 0 Å². The van der Waals surface area contributed by atoms with E-state index in [2.05, 4.69) is 18.3 Å². The zero-order valence-corrected chi connectivity index (χ0v) is 15.6. The number of benzene rings is 1. The summed E-state index contributed by atoms with van der Waals surface area (Å²) in [4.78, 5) is 27.1. The molecule has 2 rings (SSSR count). The first-order valence-corrected chi connectivity index (χ1v) is 8.92. The number of piperidine rings is 1. The smallest absolute Gasteiger partial charge is 0.229 e. The van der Waals surface area contributed by atoms with Crippen LogP contribution in [0.5, 0.6) is 0 Å². The fourth-order valence-electron chi connectivity index (χ4n) is 3.28. The van der Waals surface area contributed by atoms with Gasteiger partial charge in [0, 0.05) is 24.2 Å². The number of carbonyl (C=O) groups excluding carboxylic acids is 2. The molecule has 1 aromatic carbocycles. The van der Waals surface area contributed by atoms with Gasteiger partial charge in [-0.1, -0.05) is 45.9 Å². The minimum atomic E-state index is -0.399. The molecule has 0 saturated carbocycles. The van der Waals surface area contributed by atoms with Gasteiger partial charge in [0.1, 0.15) is 0 Å². The Morgan fingerprint density at radius 3 is 2.62 bits per heavy atom. The maximum atomic E-state index is 12.8. The van der Waals surface area contributed by atoms with E-state index in [9.17, 15) is 9.59 Å². The average Bonchev–Trinajstić information content (AvgIpc) is 2.55. The molecule has 0 spiro atoms. The van der Waals surface area contributed by atoms with Gasteiger partial charge in [0.15, 0.2) is 0 Å². The van der Waals surface area contributed by atoms with Gasteiger partial charge < -0.3 is 10.2 Å². The molecule has 1 atom stereocenters. The SMILES string of the molecule is CCc1cccc(C)c1NC(=O)C1CCCN(C(=O)C(C)(C)C)C1. The summed E-state index contributed by atoms with van der Waals surface area (Å²) in [6.07, 6.45) is 2.61. The van der Waals surface area contributed by atoms with Gasteiger partial charge in [-0.2, -0.15) is 0 Å². The fraction of sp³-hybridized carbons (Fsp3) is 0.600. The third kappa shape index (κ3) is 4.16. The first kappa shape index (κ1) is 18.5. The molecule has 24 heavy (non-hydrogen) atoms. The van der Waals surface area contributed by atoms with Gasteiger partial charge in [-0.05, 0) is 37.3 Å². The van der Waals surface area contributed by atoms with E-state index in [-0.39, 0.29) is 17.7 Å². The number of aryl methyl sites for hydroxylation is 2. The zero-order chi connectivity index (χ0) is 17.9. The Balaban J connectivity index is 2.09. The molecule has 1 N–H and O–H groups in total. The normalized spacial score (nSPS) is 18.4. The molecule has 1 fully saturated rings. The van der Waals surface area contributed by atoms with Crippen LogP contribution in [0.25, 0.3) is 0 Å². The second kappa shape index (κ2) is 7.37. The van der Waals surface area contributed by atoms with Gasteiger partial charge in [0.2, 0.25) is 11.8 Å². The van der Waals surface area contributed by atoms with Crippen molar-refractivity contribution in [1.82, 2.24) is 4.90 Å². The molecule has 0 aliphatic carbocycles. The highest BCUT2D eigenvalue weighted by Crippen LogP contribution is 2.26. The molecule has 0 radical (unpaired) electrons. The van der Waals surface area contributed by atoms with Crippen LogP contribution in [0.1, 0.15) is 51.7 Å². The number of amides is 2. The number of hydrogen-bond donors (Lipinski definition) is 1. The average molecular weight is 330 g/mol. The number of para-hydroxylation sites is 1. The lowest BCUT2D eigenvalue weighted by atomic mass is 9.90. The highest BCUT2D eigenvalue weighted by Gasteiger charge is 2.33. The van der Waals surface area contributed by atoms with Crippen molar-refractivity contribution < 1.29 is 9.59 Å². The molecular formula is C20H30N2O2. The van der Waals surface area contributed by atoms with Crippen LogP contribution in [-0.4, -0.2) is 29.8 Å². The van der Waals surface area contributed by atoms with Crippen molar-refractivity contribution in [3.05, 3.63) is 29.3 Å². The third-order valence-electron chi connectivity index (χ3n) is 4.71. The highest BCUT2D eigenvalue weighted by molar-refractivity contribution is 5.94. The van der Waals surface area contributed by atoms with Crippen molar-refractivity contribution in [3.63, 3.8) is 0 Å². The number of rotatable bonds is 3. The van der Waals surface area contributed by atoms with Crippen LogP contribution in [0, 0.1) is 18.3 Å². The number of nitrogens with one attached hydrogen (secondary N) is 1. The van der Waals surface area contributed by atoms with Gasteiger partial charge in [-0.25, -0.2) is 0 Å². The number of nitrogens with zero attached hydrogens (tertiary/aromatic N) is 1. The quantitative estimate of drug-likeness (QED) is 0.917. The first-order valence-electron chi connectivity index (χ1n) is 8.92. The van der Waals surface area contributed by atoms with Crippen LogP contribution >= 0.6 is 0 Å². The summed E-state index contributed by atoms with van der Waals surface area (Å²) in [5.41, 5.74) is 2.77. The Hall–Kier alpha value is -1.84. The molecule has 4 heteroatoms. The third-order valence-corrected chi connectivity index (χ3v) is 4.71. The van der Waals surface area contributed by atoms with Gasteiger partial charge >= 0.3 is 0 Å². The van der Waals surface area contributed by atoms with Gasteiger partial charge in [0.05, 0.1) is 5.92 Å². The monoisotopic (exact) mass is 330 g/mol. The van der Waals surface area contributed by atoms with Crippen LogP contribution in [0.3, 0.4) is 0 Å². The lowest BCUT2D eigenvalue weighted by molar-refractivity contribution is -0.142. The Labute approximate surface area is 145 Å². The summed E-state index contributed by atoms with van der Waals surface area (Å²) in [5, 5.41) is 3.12. The Morgan fingerprint density at radius 1 is 1.29 bits per heavy atom. The molecule has 1 saturated heterocycles. The predicted octanol–water partition coefficient (Wildman–Crippen LogP) is 3.78. The summed E-state index contributed by atoms with van der Waals surface area (Å²) in [6, 6.07) is 6.10. The Morgan fingerprint density at radius 2 is 2.00 bits per heavy atom. The number of likely N-dealkylation sites (tertiary alicyclic amines) is 1. The van der Waals surface area contributed by atoms with Crippen LogP contribution in [0.15, 0.2) is 18.2 Å². The molecule has 1 heterocycles. The maximum absolute atomic E-state index is 12.8. The predicted molar refractivity (Wildman–Crippen MR) is 97.9 cm³/mol. The van der Waals surface area contributed by atoms with Crippen LogP contribution < -0.4 is 5.32 Å². The Kier molecular flexibility index (Phi) is 5.68. The summed E-state index contributed by atoms with van der Waals surface area (Å²) in [7, 11) is 0. The summed E-state index contributed by atoms with van der Waals surface area (Å²) in [5.74, 6) is 0.0323. The summed E-state index contributed by atoms with van der Waals surface area (Å²) >= 11 is 0. The van der Waals surface area contributed by atoms with Crippen LogP contribution in [-0.2, 0) is 16.0 Å². The molecule has 2 amide bonds. The van der Waals surface area contributed by atoms with E-state index in [0.717, 1.165) is 42.6 Å². The molecule has 0 bridgehead atoms. The van der Waals surface area contributed by atoms with Crippen molar-refractivity contribution in [2.24, 2.45) is 11.3 Å². The lowest BCUT2D eigenvalue weighted by Crippen LogP contribution is -2.47. The van der Waals surface area contributed by atoms with E-state index >= 15 is 0 Å². The molecular weight excluding hydrogens is 300 g/mol. The van der Waals surface area contributed by atoms with Crippen molar-refractivity contribution >= 4 is 17.5 Å². The molecule has 1 aliphatic rings. The first-order chi connectivity index (χ1) is 11.2. The van der Waals surface area contributed by atoms with Crippen molar-refractivity contribution in [2.45, 2.75) is 53.9 Å². The Bertz CT molecular complexity index is 617. The van der Waals surface area contributed by atoms with E-state index < -0.39 is 5.41 Å². The summed E-state index contributed by atoms with van der Waals surface area (Å²) in [6.45, 7) is 11.2. The maximum Gasteiger partial charge on any atom is 0.229 e. The van der Waals surface area contributed by atoms with Gasteiger partial charge in [0.25, 0.3) is 0 Å². The number of hydrogen-bond acceptors (Lipinski definition) is 2. The molecule has 1 aromatic rings. The highest BCUT2D eigenvalue weighted by atomic mass is 16.2. The largest absolute Gasteiger partial charge is 0.341 e. The molecule has 0 aromatic heterocycles. The minimum absolute atomic E-state index is 0.0328. The molecule has 132 valence electrons.